The fraction of sp³-hybridized carbons (Fsp3) is 0.200. The van der Waals surface area contributed by atoms with E-state index in [0.717, 1.165) is 11.3 Å². The van der Waals surface area contributed by atoms with Gasteiger partial charge in [-0.2, -0.15) is 0 Å². The minimum absolute atomic E-state index is 0.0335. The minimum atomic E-state index is -0.0957. The van der Waals surface area contributed by atoms with Crippen molar-refractivity contribution in [3.63, 3.8) is 0 Å². The molecule has 0 aliphatic heterocycles. The van der Waals surface area contributed by atoms with Crippen molar-refractivity contribution in [2.45, 2.75) is 0 Å². The third-order valence-electron chi connectivity index (χ3n) is 2.87. The first-order chi connectivity index (χ1) is 9.22. The van der Waals surface area contributed by atoms with Crippen LogP contribution in [0.15, 0.2) is 48.7 Å². The maximum atomic E-state index is 12.0. The zero-order valence-electron chi connectivity index (χ0n) is 10.8. The fourth-order valence-corrected chi connectivity index (χ4v) is 1.79. The lowest BCUT2D eigenvalue weighted by Crippen LogP contribution is -2.29. The van der Waals surface area contributed by atoms with Gasteiger partial charge >= 0.3 is 0 Å². The molecule has 0 unspecified atom stereocenters. The molecule has 0 atom stereocenters. The number of benzene rings is 1. The Labute approximate surface area is 112 Å². The predicted molar refractivity (Wildman–Crippen MR) is 73.7 cm³/mol. The van der Waals surface area contributed by atoms with E-state index in [4.69, 9.17) is 5.11 Å². The molecule has 19 heavy (non-hydrogen) atoms. The second kappa shape index (κ2) is 6.11. The van der Waals surface area contributed by atoms with E-state index < -0.39 is 0 Å². The van der Waals surface area contributed by atoms with Crippen molar-refractivity contribution in [1.82, 2.24) is 9.88 Å². The average Bonchev–Trinajstić information content (AvgIpc) is 2.48. The number of carbonyl (C=O) groups excluding carboxylic acids is 1. The number of nitrogens with zero attached hydrogens (tertiary/aromatic N) is 2. The molecule has 0 aliphatic rings. The molecule has 0 fully saturated rings. The van der Waals surface area contributed by atoms with Crippen molar-refractivity contribution in [2.24, 2.45) is 0 Å². The van der Waals surface area contributed by atoms with E-state index in [1.807, 2.05) is 30.3 Å². The SMILES string of the molecule is CN(CCO)C(=O)c1ccc(-c2ccccn2)cc1. The van der Waals surface area contributed by atoms with Crippen molar-refractivity contribution >= 4 is 5.91 Å². The standard InChI is InChI=1S/C15H16N2O2/c1-17(10-11-18)15(19)13-7-5-12(6-8-13)14-4-2-3-9-16-14/h2-9,18H,10-11H2,1H3. The molecule has 1 amide bonds. The van der Waals surface area contributed by atoms with E-state index in [9.17, 15) is 4.79 Å². The van der Waals surface area contributed by atoms with Crippen molar-refractivity contribution in [2.75, 3.05) is 20.2 Å². The maximum Gasteiger partial charge on any atom is 0.253 e. The van der Waals surface area contributed by atoms with Crippen LogP contribution in [0.1, 0.15) is 10.4 Å². The van der Waals surface area contributed by atoms with E-state index in [-0.39, 0.29) is 12.5 Å². The second-order valence-electron chi connectivity index (χ2n) is 4.24. The molecule has 0 radical (unpaired) electrons. The summed E-state index contributed by atoms with van der Waals surface area (Å²) in [6, 6.07) is 13.0. The molecule has 4 nitrogen and oxygen atoms in total. The van der Waals surface area contributed by atoms with Gasteiger partial charge in [0.2, 0.25) is 0 Å². The number of hydrogen-bond donors (Lipinski definition) is 1. The molecular weight excluding hydrogens is 240 g/mol. The van der Waals surface area contributed by atoms with Gasteiger partial charge in [0, 0.05) is 30.9 Å². The van der Waals surface area contributed by atoms with Gasteiger partial charge in [0.1, 0.15) is 0 Å². The maximum absolute atomic E-state index is 12.0. The molecule has 1 heterocycles. The lowest BCUT2D eigenvalue weighted by atomic mass is 10.1. The normalized spacial score (nSPS) is 10.2. The van der Waals surface area contributed by atoms with Crippen LogP contribution in [0.5, 0.6) is 0 Å². The Morgan fingerprint density at radius 3 is 2.53 bits per heavy atom. The van der Waals surface area contributed by atoms with Gasteiger partial charge in [0.25, 0.3) is 5.91 Å². The molecule has 0 spiro atoms. The average molecular weight is 256 g/mol. The summed E-state index contributed by atoms with van der Waals surface area (Å²) in [5, 5.41) is 8.82. The Hall–Kier alpha value is -2.20. The smallest absolute Gasteiger partial charge is 0.253 e. The van der Waals surface area contributed by atoms with E-state index in [2.05, 4.69) is 4.98 Å². The fourth-order valence-electron chi connectivity index (χ4n) is 1.79. The molecule has 1 aromatic carbocycles. The van der Waals surface area contributed by atoms with Gasteiger partial charge in [-0.3, -0.25) is 9.78 Å². The molecule has 2 rings (SSSR count). The number of aliphatic hydroxyl groups excluding tert-OH is 1. The molecule has 4 heteroatoms. The highest BCUT2D eigenvalue weighted by Crippen LogP contribution is 2.17. The van der Waals surface area contributed by atoms with Crippen LogP contribution in [0.2, 0.25) is 0 Å². The van der Waals surface area contributed by atoms with Crippen molar-refractivity contribution < 1.29 is 9.90 Å². The van der Waals surface area contributed by atoms with Gasteiger partial charge < -0.3 is 10.0 Å². The summed E-state index contributed by atoms with van der Waals surface area (Å²) in [6.45, 7) is 0.301. The molecule has 1 N–H and O–H groups in total. The van der Waals surface area contributed by atoms with Gasteiger partial charge in [-0.1, -0.05) is 18.2 Å². The summed E-state index contributed by atoms with van der Waals surface area (Å²) in [4.78, 5) is 17.7. The van der Waals surface area contributed by atoms with Gasteiger partial charge in [-0.05, 0) is 24.3 Å². The van der Waals surface area contributed by atoms with E-state index in [1.54, 1.807) is 25.4 Å². The molecule has 0 saturated heterocycles. The largest absolute Gasteiger partial charge is 0.395 e. The number of pyridine rings is 1. The molecule has 2 aromatic rings. The summed E-state index contributed by atoms with van der Waals surface area (Å²) < 4.78 is 0. The van der Waals surface area contributed by atoms with Crippen LogP contribution in [0.4, 0.5) is 0 Å². The van der Waals surface area contributed by atoms with Crippen LogP contribution < -0.4 is 0 Å². The molecule has 98 valence electrons. The summed E-state index contributed by atoms with van der Waals surface area (Å²) in [5.74, 6) is -0.0957. The molecular formula is C15H16N2O2. The van der Waals surface area contributed by atoms with Gasteiger partial charge in [-0.25, -0.2) is 0 Å². The number of carbonyl (C=O) groups is 1. The molecule has 0 saturated carbocycles. The second-order valence-corrected chi connectivity index (χ2v) is 4.24. The Morgan fingerprint density at radius 1 is 1.21 bits per heavy atom. The highest BCUT2D eigenvalue weighted by molar-refractivity contribution is 5.94. The first kappa shape index (κ1) is 13.2. The summed E-state index contributed by atoms with van der Waals surface area (Å²) in [6.07, 6.45) is 1.74. The van der Waals surface area contributed by atoms with E-state index >= 15 is 0 Å². The number of likely N-dealkylation sites (N-methyl/N-ethyl adjacent to an activating group) is 1. The van der Waals surface area contributed by atoms with Gasteiger partial charge in [0.15, 0.2) is 0 Å². The quantitative estimate of drug-likeness (QED) is 0.907. The van der Waals surface area contributed by atoms with Crippen LogP contribution >= 0.6 is 0 Å². The van der Waals surface area contributed by atoms with E-state index in [1.165, 1.54) is 4.90 Å². The summed E-state index contributed by atoms with van der Waals surface area (Å²) >= 11 is 0. The van der Waals surface area contributed by atoms with Crippen LogP contribution in [0.25, 0.3) is 11.3 Å². The lowest BCUT2D eigenvalue weighted by molar-refractivity contribution is 0.0767. The Balaban J connectivity index is 2.17. The highest BCUT2D eigenvalue weighted by atomic mass is 16.3. The Bertz CT molecular complexity index is 538. The van der Waals surface area contributed by atoms with Crippen molar-refractivity contribution in [3.05, 3.63) is 54.2 Å². The van der Waals surface area contributed by atoms with Gasteiger partial charge in [-0.15, -0.1) is 0 Å². The first-order valence-electron chi connectivity index (χ1n) is 6.10. The van der Waals surface area contributed by atoms with Crippen molar-refractivity contribution in [1.29, 1.82) is 0 Å². The Morgan fingerprint density at radius 2 is 1.95 bits per heavy atom. The number of aliphatic hydroxyl groups is 1. The lowest BCUT2D eigenvalue weighted by Gasteiger charge is -2.15. The number of hydrogen-bond acceptors (Lipinski definition) is 3. The van der Waals surface area contributed by atoms with Crippen molar-refractivity contribution in [3.8, 4) is 11.3 Å². The van der Waals surface area contributed by atoms with Crippen LogP contribution in [-0.4, -0.2) is 41.1 Å². The van der Waals surface area contributed by atoms with Crippen LogP contribution in [0, 0.1) is 0 Å². The zero-order valence-corrected chi connectivity index (χ0v) is 10.8. The third-order valence-corrected chi connectivity index (χ3v) is 2.87. The topological polar surface area (TPSA) is 53.4 Å². The number of rotatable bonds is 4. The van der Waals surface area contributed by atoms with Crippen LogP contribution in [-0.2, 0) is 0 Å². The first-order valence-corrected chi connectivity index (χ1v) is 6.10. The predicted octanol–water partition coefficient (Wildman–Crippen LogP) is 1.81. The third kappa shape index (κ3) is 3.17. The number of amides is 1. The molecule has 1 aromatic heterocycles. The van der Waals surface area contributed by atoms with Gasteiger partial charge in [0.05, 0.1) is 12.3 Å². The monoisotopic (exact) mass is 256 g/mol. The summed E-state index contributed by atoms with van der Waals surface area (Å²) in [5.41, 5.74) is 2.46. The van der Waals surface area contributed by atoms with Crippen LogP contribution in [0.3, 0.4) is 0 Å². The highest BCUT2D eigenvalue weighted by Gasteiger charge is 2.10. The number of aromatic nitrogens is 1. The molecule has 0 bridgehead atoms. The molecule has 0 aliphatic carbocycles. The van der Waals surface area contributed by atoms with E-state index in [0.29, 0.717) is 12.1 Å². The zero-order chi connectivity index (χ0) is 13.7. The Kier molecular flexibility index (Phi) is 4.26. The minimum Gasteiger partial charge on any atom is -0.395 e. The summed E-state index contributed by atoms with van der Waals surface area (Å²) in [7, 11) is 1.67.